The van der Waals surface area contributed by atoms with Crippen molar-refractivity contribution >= 4 is 6.03 Å². The van der Waals surface area contributed by atoms with Gasteiger partial charge in [-0.25, -0.2) is 13.6 Å². The van der Waals surface area contributed by atoms with Gasteiger partial charge >= 0.3 is 6.03 Å². The van der Waals surface area contributed by atoms with Gasteiger partial charge in [0.15, 0.2) is 11.6 Å². The summed E-state index contributed by atoms with van der Waals surface area (Å²) in [5, 5.41) is 11.5. The predicted octanol–water partition coefficient (Wildman–Crippen LogP) is 2.44. The summed E-state index contributed by atoms with van der Waals surface area (Å²) >= 11 is 0. The number of nitrogens with zero attached hydrogens (tertiary/aromatic N) is 1. The van der Waals surface area contributed by atoms with Gasteiger partial charge in [-0.05, 0) is 19.4 Å². The van der Waals surface area contributed by atoms with E-state index >= 15 is 0 Å². The summed E-state index contributed by atoms with van der Waals surface area (Å²) < 4.78 is 26.8. The van der Waals surface area contributed by atoms with Crippen LogP contribution in [0.5, 0.6) is 0 Å². The molecule has 1 rings (SSSR count). The second-order valence-corrected chi connectivity index (χ2v) is 4.52. The number of carbonyl (C=O) groups excluding carboxylic acids is 1. The molecule has 112 valence electrons. The van der Waals surface area contributed by atoms with Gasteiger partial charge in [0.1, 0.15) is 0 Å². The minimum atomic E-state index is -0.954. The Hall–Kier alpha value is -1.69. The zero-order valence-electron chi connectivity index (χ0n) is 11.7. The second-order valence-electron chi connectivity index (χ2n) is 4.52. The molecule has 0 aliphatic carbocycles. The largest absolute Gasteiger partial charge is 0.395 e. The Morgan fingerprint density at radius 2 is 2.10 bits per heavy atom. The molecule has 0 bridgehead atoms. The summed E-state index contributed by atoms with van der Waals surface area (Å²) in [6, 6.07) is 2.80. The smallest absolute Gasteiger partial charge is 0.317 e. The van der Waals surface area contributed by atoms with Crippen molar-refractivity contribution in [2.45, 2.75) is 26.3 Å². The number of aliphatic hydroxyl groups excluding tert-OH is 1. The fourth-order valence-electron chi connectivity index (χ4n) is 1.91. The molecule has 0 radical (unpaired) electrons. The van der Waals surface area contributed by atoms with Crippen molar-refractivity contribution in [2.24, 2.45) is 0 Å². The summed E-state index contributed by atoms with van der Waals surface area (Å²) in [5.41, 5.74) is 0.0961. The average molecular weight is 286 g/mol. The minimum Gasteiger partial charge on any atom is -0.395 e. The number of urea groups is 1. The first-order chi connectivity index (χ1) is 9.51. The number of aliphatic hydroxyl groups is 1. The predicted molar refractivity (Wildman–Crippen MR) is 72.3 cm³/mol. The van der Waals surface area contributed by atoms with Crippen LogP contribution in [0.1, 0.15) is 31.9 Å². The van der Waals surface area contributed by atoms with Crippen molar-refractivity contribution in [1.29, 1.82) is 0 Å². The maximum absolute atomic E-state index is 13.6. The average Bonchev–Trinajstić information content (AvgIpc) is 2.41. The molecular formula is C14H20F2N2O2. The van der Waals surface area contributed by atoms with Crippen LogP contribution in [0.15, 0.2) is 18.2 Å². The molecule has 1 aromatic rings. The van der Waals surface area contributed by atoms with E-state index in [0.29, 0.717) is 6.54 Å². The molecule has 0 fully saturated rings. The molecule has 1 unspecified atom stereocenters. The fourth-order valence-corrected chi connectivity index (χ4v) is 1.91. The Balaban J connectivity index is 2.75. The van der Waals surface area contributed by atoms with Gasteiger partial charge in [0.2, 0.25) is 0 Å². The van der Waals surface area contributed by atoms with E-state index in [1.165, 1.54) is 17.0 Å². The van der Waals surface area contributed by atoms with Crippen LogP contribution in [-0.4, -0.2) is 35.7 Å². The van der Waals surface area contributed by atoms with Crippen molar-refractivity contribution in [2.75, 3.05) is 19.7 Å². The number of benzene rings is 1. The van der Waals surface area contributed by atoms with Gasteiger partial charge in [0, 0.05) is 18.7 Å². The third-order valence-electron chi connectivity index (χ3n) is 2.94. The van der Waals surface area contributed by atoms with Crippen molar-refractivity contribution in [1.82, 2.24) is 10.2 Å². The van der Waals surface area contributed by atoms with Gasteiger partial charge in [0.05, 0.1) is 12.6 Å². The molecule has 0 aliphatic rings. The molecular weight excluding hydrogens is 266 g/mol. The number of halogens is 2. The summed E-state index contributed by atoms with van der Waals surface area (Å²) in [6.07, 6.45) is 0.746. The van der Waals surface area contributed by atoms with Crippen LogP contribution in [0.4, 0.5) is 13.6 Å². The van der Waals surface area contributed by atoms with Crippen LogP contribution in [0, 0.1) is 11.6 Å². The topological polar surface area (TPSA) is 52.6 Å². The Morgan fingerprint density at radius 1 is 1.40 bits per heavy atom. The van der Waals surface area contributed by atoms with Crippen molar-refractivity contribution in [3.63, 3.8) is 0 Å². The molecule has 2 amide bonds. The molecule has 4 nitrogen and oxygen atoms in total. The van der Waals surface area contributed by atoms with E-state index in [-0.39, 0.29) is 18.7 Å². The number of hydrogen-bond acceptors (Lipinski definition) is 2. The highest BCUT2D eigenvalue weighted by Gasteiger charge is 2.19. The first-order valence-electron chi connectivity index (χ1n) is 6.61. The molecule has 6 heteroatoms. The number of carbonyl (C=O) groups is 1. The standard InChI is InChI=1S/C14H20F2N2O2/c1-3-7-18(8-9-19)14(20)17-10(2)11-5-4-6-12(15)13(11)16/h4-6,10,19H,3,7-9H2,1-2H3,(H,17,20). The van der Waals surface area contributed by atoms with Gasteiger partial charge in [-0.2, -0.15) is 0 Å². The quantitative estimate of drug-likeness (QED) is 0.844. The number of amides is 2. The highest BCUT2D eigenvalue weighted by molar-refractivity contribution is 5.74. The molecule has 0 heterocycles. The summed E-state index contributed by atoms with van der Waals surface area (Å²) in [6.45, 7) is 4.05. The molecule has 1 aromatic carbocycles. The molecule has 20 heavy (non-hydrogen) atoms. The number of hydrogen-bond donors (Lipinski definition) is 2. The maximum Gasteiger partial charge on any atom is 0.317 e. The van der Waals surface area contributed by atoms with Gasteiger partial charge in [-0.1, -0.05) is 19.1 Å². The summed E-state index contributed by atoms with van der Waals surface area (Å²) in [5.74, 6) is -1.89. The number of rotatable bonds is 6. The van der Waals surface area contributed by atoms with Crippen LogP contribution in [0.25, 0.3) is 0 Å². The zero-order valence-corrected chi connectivity index (χ0v) is 11.7. The van der Waals surface area contributed by atoms with E-state index in [0.717, 1.165) is 12.5 Å². The van der Waals surface area contributed by atoms with E-state index in [2.05, 4.69) is 5.32 Å². The Kier molecular flexibility index (Phi) is 6.38. The van der Waals surface area contributed by atoms with Gasteiger partial charge in [-0.3, -0.25) is 0 Å². The third-order valence-corrected chi connectivity index (χ3v) is 2.94. The Bertz CT molecular complexity index is 449. The lowest BCUT2D eigenvalue weighted by atomic mass is 10.1. The third kappa shape index (κ3) is 4.16. The van der Waals surface area contributed by atoms with Gasteiger partial charge < -0.3 is 15.3 Å². The molecule has 0 saturated heterocycles. The molecule has 2 N–H and O–H groups in total. The van der Waals surface area contributed by atoms with Crippen molar-refractivity contribution < 1.29 is 18.7 Å². The van der Waals surface area contributed by atoms with E-state index in [1.807, 2.05) is 6.92 Å². The lowest BCUT2D eigenvalue weighted by Gasteiger charge is -2.24. The molecule has 0 aliphatic heterocycles. The van der Waals surface area contributed by atoms with E-state index in [9.17, 15) is 13.6 Å². The van der Waals surface area contributed by atoms with Gasteiger partial charge in [0.25, 0.3) is 0 Å². The normalized spacial score (nSPS) is 12.1. The molecule has 0 aromatic heterocycles. The number of nitrogens with one attached hydrogen (secondary N) is 1. The molecule has 1 atom stereocenters. The summed E-state index contributed by atoms with van der Waals surface area (Å²) in [7, 11) is 0. The highest BCUT2D eigenvalue weighted by Crippen LogP contribution is 2.19. The Labute approximate surface area is 117 Å². The fraction of sp³-hybridized carbons (Fsp3) is 0.500. The zero-order chi connectivity index (χ0) is 15.1. The second kappa shape index (κ2) is 7.79. The summed E-state index contributed by atoms with van der Waals surface area (Å²) in [4.78, 5) is 13.4. The SMILES string of the molecule is CCCN(CCO)C(=O)NC(C)c1cccc(F)c1F. The van der Waals surface area contributed by atoms with Crippen LogP contribution >= 0.6 is 0 Å². The van der Waals surface area contributed by atoms with Crippen molar-refractivity contribution in [3.8, 4) is 0 Å². The molecule has 0 saturated carbocycles. The van der Waals surface area contributed by atoms with E-state index < -0.39 is 23.7 Å². The lowest BCUT2D eigenvalue weighted by Crippen LogP contribution is -2.43. The van der Waals surface area contributed by atoms with E-state index in [1.54, 1.807) is 6.92 Å². The highest BCUT2D eigenvalue weighted by atomic mass is 19.2. The van der Waals surface area contributed by atoms with Crippen LogP contribution in [-0.2, 0) is 0 Å². The first kappa shape index (κ1) is 16.4. The Morgan fingerprint density at radius 3 is 2.70 bits per heavy atom. The van der Waals surface area contributed by atoms with Crippen molar-refractivity contribution in [3.05, 3.63) is 35.4 Å². The van der Waals surface area contributed by atoms with Crippen LogP contribution < -0.4 is 5.32 Å². The maximum atomic E-state index is 13.6. The van der Waals surface area contributed by atoms with Crippen LogP contribution in [0.3, 0.4) is 0 Å². The lowest BCUT2D eigenvalue weighted by molar-refractivity contribution is 0.174. The monoisotopic (exact) mass is 286 g/mol. The first-order valence-corrected chi connectivity index (χ1v) is 6.61. The van der Waals surface area contributed by atoms with E-state index in [4.69, 9.17) is 5.11 Å². The van der Waals surface area contributed by atoms with Crippen LogP contribution in [0.2, 0.25) is 0 Å². The minimum absolute atomic E-state index is 0.0961. The molecule has 0 spiro atoms. The van der Waals surface area contributed by atoms with Gasteiger partial charge in [-0.15, -0.1) is 0 Å².